The highest BCUT2D eigenvalue weighted by atomic mass is 79.9. The lowest BCUT2D eigenvalue weighted by Crippen LogP contribution is -2.53. The van der Waals surface area contributed by atoms with Crippen molar-refractivity contribution in [3.05, 3.63) is 57.0 Å². The van der Waals surface area contributed by atoms with Gasteiger partial charge in [-0.15, -0.1) is 11.8 Å². The maximum atomic E-state index is 13.8. The minimum atomic E-state index is -0.633. The number of ketones is 1. The second-order valence-electron chi connectivity index (χ2n) is 7.13. The highest BCUT2D eigenvalue weighted by Crippen LogP contribution is 2.45. The summed E-state index contributed by atoms with van der Waals surface area (Å²) in [5.41, 5.74) is 0.656. The van der Waals surface area contributed by atoms with Gasteiger partial charge in [0.05, 0.1) is 10.0 Å². The SMILES string of the molecule is O=C1c2cc(Br)cc(Br)c2OC[C@]1(CN1CCCCC1)Sc1ccccc1. The van der Waals surface area contributed by atoms with Crippen molar-refractivity contribution in [3.63, 3.8) is 0 Å². The molecule has 142 valence electrons. The number of nitrogens with zero attached hydrogens (tertiary/aromatic N) is 1. The van der Waals surface area contributed by atoms with Crippen LogP contribution in [0.3, 0.4) is 0 Å². The van der Waals surface area contributed by atoms with Gasteiger partial charge in [-0.25, -0.2) is 0 Å². The van der Waals surface area contributed by atoms with E-state index in [9.17, 15) is 4.79 Å². The average molecular weight is 511 g/mol. The van der Waals surface area contributed by atoms with Crippen LogP contribution < -0.4 is 4.74 Å². The lowest BCUT2D eigenvalue weighted by Gasteiger charge is -2.40. The molecule has 1 atom stereocenters. The molecule has 2 heterocycles. The molecule has 4 rings (SSSR count). The van der Waals surface area contributed by atoms with Gasteiger partial charge in [0.25, 0.3) is 0 Å². The van der Waals surface area contributed by atoms with E-state index >= 15 is 0 Å². The molecule has 0 radical (unpaired) electrons. The highest BCUT2D eigenvalue weighted by Gasteiger charge is 2.47. The Kier molecular flexibility index (Phi) is 5.97. The monoisotopic (exact) mass is 509 g/mol. The number of benzene rings is 2. The quantitative estimate of drug-likeness (QED) is 0.519. The van der Waals surface area contributed by atoms with Gasteiger partial charge < -0.3 is 9.64 Å². The molecule has 0 unspecified atom stereocenters. The van der Waals surface area contributed by atoms with Gasteiger partial charge in [0.2, 0.25) is 0 Å². The van der Waals surface area contributed by atoms with Crippen molar-refractivity contribution in [1.82, 2.24) is 4.90 Å². The van der Waals surface area contributed by atoms with E-state index in [4.69, 9.17) is 4.74 Å². The van der Waals surface area contributed by atoms with Crippen molar-refractivity contribution >= 4 is 49.4 Å². The van der Waals surface area contributed by atoms with Crippen LogP contribution in [0.15, 0.2) is 56.3 Å². The first-order valence-corrected chi connectivity index (χ1v) is 11.6. The summed E-state index contributed by atoms with van der Waals surface area (Å²) in [5.74, 6) is 0.816. The Balaban J connectivity index is 1.72. The largest absolute Gasteiger partial charge is 0.490 e. The number of rotatable bonds is 4. The molecular weight excluding hydrogens is 490 g/mol. The van der Waals surface area contributed by atoms with Gasteiger partial charge in [-0.3, -0.25) is 4.79 Å². The smallest absolute Gasteiger partial charge is 0.187 e. The maximum Gasteiger partial charge on any atom is 0.187 e. The molecule has 0 aliphatic carbocycles. The van der Waals surface area contributed by atoms with E-state index < -0.39 is 4.75 Å². The van der Waals surface area contributed by atoms with Gasteiger partial charge in [-0.1, -0.05) is 40.5 Å². The van der Waals surface area contributed by atoms with Crippen LogP contribution in [0.25, 0.3) is 0 Å². The molecule has 2 aromatic carbocycles. The van der Waals surface area contributed by atoms with Gasteiger partial charge in [-0.2, -0.15) is 0 Å². The van der Waals surface area contributed by atoms with E-state index in [1.165, 1.54) is 19.3 Å². The normalized spacial score (nSPS) is 23.0. The Morgan fingerprint density at radius 3 is 2.56 bits per heavy atom. The summed E-state index contributed by atoms with van der Waals surface area (Å²) in [5, 5.41) is 0. The number of fused-ring (bicyclic) bond motifs is 1. The van der Waals surface area contributed by atoms with Gasteiger partial charge in [0, 0.05) is 15.9 Å². The van der Waals surface area contributed by atoms with Crippen molar-refractivity contribution in [2.24, 2.45) is 0 Å². The van der Waals surface area contributed by atoms with Crippen LogP contribution in [-0.4, -0.2) is 41.7 Å². The Morgan fingerprint density at radius 1 is 1.07 bits per heavy atom. The third-order valence-electron chi connectivity index (χ3n) is 5.10. The second-order valence-corrected chi connectivity index (χ2v) is 10.4. The van der Waals surface area contributed by atoms with E-state index in [-0.39, 0.29) is 5.78 Å². The fraction of sp³-hybridized carbons (Fsp3) is 0.381. The minimum Gasteiger partial charge on any atom is -0.490 e. The number of carbonyl (C=O) groups excluding carboxylic acids is 1. The zero-order valence-corrected chi connectivity index (χ0v) is 18.9. The second kappa shape index (κ2) is 8.27. The molecule has 1 fully saturated rings. The molecule has 0 spiro atoms. The van der Waals surface area contributed by atoms with E-state index in [0.29, 0.717) is 17.9 Å². The fourth-order valence-corrected chi connectivity index (χ4v) is 6.45. The zero-order valence-electron chi connectivity index (χ0n) is 14.9. The Labute approximate surface area is 181 Å². The molecular formula is C21H21Br2NO2S. The molecule has 2 aromatic rings. The number of carbonyl (C=O) groups is 1. The topological polar surface area (TPSA) is 29.5 Å². The van der Waals surface area contributed by atoms with Crippen molar-refractivity contribution < 1.29 is 9.53 Å². The van der Waals surface area contributed by atoms with Crippen LogP contribution in [0, 0.1) is 0 Å². The van der Waals surface area contributed by atoms with Crippen LogP contribution >= 0.6 is 43.6 Å². The standard InChI is InChI=1S/C21H21Br2NO2S/c22-15-11-17-19(18(23)12-15)26-14-21(20(17)25,13-24-9-5-2-6-10-24)27-16-7-3-1-4-8-16/h1,3-4,7-8,11-12H,2,5-6,9-10,13-14H2/t21-/m0/s1. The van der Waals surface area contributed by atoms with Crippen LogP contribution in [-0.2, 0) is 0 Å². The molecule has 27 heavy (non-hydrogen) atoms. The average Bonchev–Trinajstić information content (AvgIpc) is 2.67. The molecule has 6 heteroatoms. The van der Waals surface area contributed by atoms with Crippen LogP contribution in [0.4, 0.5) is 0 Å². The lowest BCUT2D eigenvalue weighted by molar-refractivity contribution is 0.0806. The number of hydrogen-bond donors (Lipinski definition) is 0. The number of hydrogen-bond acceptors (Lipinski definition) is 4. The van der Waals surface area contributed by atoms with Crippen LogP contribution in [0.1, 0.15) is 29.6 Å². The number of halogens is 2. The first kappa shape index (κ1) is 19.5. The first-order chi connectivity index (χ1) is 13.1. The molecule has 0 saturated carbocycles. The van der Waals surface area contributed by atoms with Gasteiger partial charge in [0.15, 0.2) is 5.78 Å². The fourth-order valence-electron chi connectivity index (χ4n) is 3.79. The Bertz CT molecular complexity index is 840. The molecule has 2 aliphatic rings. The predicted molar refractivity (Wildman–Crippen MR) is 117 cm³/mol. The zero-order chi connectivity index (χ0) is 18.9. The number of ether oxygens (including phenoxy) is 1. The summed E-state index contributed by atoms with van der Waals surface area (Å²) < 4.78 is 7.23. The number of thioether (sulfide) groups is 1. The van der Waals surface area contributed by atoms with E-state index in [0.717, 1.165) is 33.5 Å². The number of likely N-dealkylation sites (tertiary alicyclic amines) is 1. The summed E-state index contributed by atoms with van der Waals surface area (Å²) >= 11 is 8.70. The first-order valence-electron chi connectivity index (χ1n) is 9.20. The highest BCUT2D eigenvalue weighted by molar-refractivity contribution is 9.11. The van der Waals surface area contributed by atoms with E-state index in [1.54, 1.807) is 11.8 Å². The van der Waals surface area contributed by atoms with Crippen LogP contribution in [0.5, 0.6) is 5.75 Å². The van der Waals surface area contributed by atoms with Gasteiger partial charge in [0.1, 0.15) is 17.1 Å². The van der Waals surface area contributed by atoms with Crippen molar-refractivity contribution in [2.75, 3.05) is 26.2 Å². The summed E-state index contributed by atoms with van der Waals surface area (Å²) in [4.78, 5) is 17.3. The maximum absolute atomic E-state index is 13.8. The van der Waals surface area contributed by atoms with E-state index in [1.807, 2.05) is 30.3 Å². The summed E-state index contributed by atoms with van der Waals surface area (Å²) in [6.07, 6.45) is 3.69. The third kappa shape index (κ3) is 4.14. The van der Waals surface area contributed by atoms with E-state index in [2.05, 4.69) is 48.9 Å². The number of piperidine rings is 1. The molecule has 0 N–H and O–H groups in total. The van der Waals surface area contributed by atoms with Crippen molar-refractivity contribution in [1.29, 1.82) is 0 Å². The van der Waals surface area contributed by atoms with Crippen LogP contribution in [0.2, 0.25) is 0 Å². The summed E-state index contributed by atoms with van der Waals surface area (Å²) in [7, 11) is 0. The Morgan fingerprint density at radius 2 is 1.81 bits per heavy atom. The summed E-state index contributed by atoms with van der Waals surface area (Å²) in [6, 6.07) is 14.0. The number of Topliss-reactive ketones (excluding diaryl/α,β-unsaturated/α-hetero) is 1. The minimum absolute atomic E-state index is 0.158. The van der Waals surface area contributed by atoms with Gasteiger partial charge >= 0.3 is 0 Å². The van der Waals surface area contributed by atoms with Crippen molar-refractivity contribution in [3.8, 4) is 5.75 Å². The third-order valence-corrected chi connectivity index (χ3v) is 7.48. The lowest BCUT2D eigenvalue weighted by atomic mass is 9.93. The molecule has 3 nitrogen and oxygen atoms in total. The Hall–Kier alpha value is -0.820. The van der Waals surface area contributed by atoms with Crippen molar-refractivity contribution in [2.45, 2.75) is 28.9 Å². The van der Waals surface area contributed by atoms with Gasteiger partial charge in [-0.05, 0) is 66.1 Å². The summed E-state index contributed by atoms with van der Waals surface area (Å²) in [6.45, 7) is 3.21. The molecule has 2 aliphatic heterocycles. The molecule has 1 saturated heterocycles. The molecule has 0 bridgehead atoms. The molecule has 0 aromatic heterocycles. The predicted octanol–water partition coefficient (Wildman–Crippen LogP) is 5.80. The molecule has 0 amide bonds.